The van der Waals surface area contributed by atoms with Crippen LogP contribution in [0.15, 0.2) is 334 Å². The van der Waals surface area contributed by atoms with Crippen molar-refractivity contribution in [2.75, 3.05) is 0 Å². The first kappa shape index (κ1) is 49.3. The molecule has 3 nitrogen and oxygen atoms in total. The van der Waals surface area contributed by atoms with E-state index in [4.69, 9.17) is 9.97 Å². The maximum absolute atomic E-state index is 5.74. The molecule has 0 bridgehead atoms. The molecule has 0 amide bonds. The Morgan fingerprint density at radius 3 is 0.951 bits per heavy atom. The first-order chi connectivity index (χ1) is 40.2. The Bertz CT molecular complexity index is 4180. The number of hydrogen-bond donors (Lipinski definition) is 0. The second-order valence-electron chi connectivity index (χ2n) is 20.8. The Morgan fingerprint density at radius 1 is 0.222 bits per heavy atom. The van der Waals surface area contributed by atoms with Gasteiger partial charge in [-0.25, -0.2) is 9.97 Å². The van der Waals surface area contributed by atoms with Gasteiger partial charge in [0, 0.05) is 28.0 Å². The molecule has 81 heavy (non-hydrogen) atoms. The average Bonchev–Trinajstić information content (AvgIpc) is 4.01. The molecular weight excluding hydrogens is 1010 g/mol. The molecule has 382 valence electrons. The van der Waals surface area contributed by atoms with Gasteiger partial charge in [-0.1, -0.05) is 315 Å². The number of fused-ring (bicyclic) bond motifs is 3. The lowest BCUT2D eigenvalue weighted by molar-refractivity contribution is 1.05. The van der Waals surface area contributed by atoms with Gasteiger partial charge in [0.15, 0.2) is 22.0 Å². The van der Waals surface area contributed by atoms with E-state index >= 15 is 0 Å². The van der Waals surface area contributed by atoms with Gasteiger partial charge in [0.2, 0.25) is 0 Å². The summed E-state index contributed by atoms with van der Waals surface area (Å²) in [5.74, 6) is 1.46. The van der Waals surface area contributed by atoms with E-state index in [2.05, 4.69) is 338 Å². The topological polar surface area (TPSA) is 30.7 Å². The quantitative estimate of drug-likeness (QED) is 0.0851. The molecule has 0 radical (unpaired) electrons. The number of aromatic nitrogens is 3. The molecule has 0 saturated carbocycles. The first-order valence-corrected chi connectivity index (χ1v) is 31.8. The Labute approximate surface area is 475 Å². The van der Waals surface area contributed by atoms with Crippen LogP contribution in [0.1, 0.15) is 0 Å². The summed E-state index contributed by atoms with van der Waals surface area (Å²) in [6.07, 6.45) is 0. The molecule has 0 atom stereocenters. The number of hydrogen-bond acceptors (Lipinski definition) is 2. The number of nitrogens with zero attached hydrogens (tertiary/aromatic N) is 3. The third-order valence-electron chi connectivity index (χ3n) is 16.3. The first-order valence-electron chi connectivity index (χ1n) is 27.8. The fraction of sp³-hybridized carbons (Fsp3) is 0. The van der Waals surface area contributed by atoms with Gasteiger partial charge in [-0.05, 0) is 75.9 Å². The summed E-state index contributed by atoms with van der Waals surface area (Å²) in [5.41, 5.74) is 9.72. The molecule has 2 heterocycles. The van der Waals surface area contributed by atoms with Crippen molar-refractivity contribution in [3.63, 3.8) is 0 Å². The molecule has 0 saturated heterocycles. The fourth-order valence-electron chi connectivity index (χ4n) is 12.7. The number of para-hydroxylation sites is 2. The summed E-state index contributed by atoms with van der Waals surface area (Å²) in [6.45, 7) is 0. The van der Waals surface area contributed by atoms with Gasteiger partial charge in [0.1, 0.15) is 5.82 Å². The van der Waals surface area contributed by atoms with Gasteiger partial charge in [0.25, 0.3) is 0 Å². The molecule has 0 aliphatic heterocycles. The lowest BCUT2D eigenvalue weighted by Crippen LogP contribution is -2.78. The molecular formula is C76H55N3Si2. The van der Waals surface area contributed by atoms with Crippen LogP contribution in [0.3, 0.4) is 0 Å². The van der Waals surface area contributed by atoms with Crippen LogP contribution in [0.4, 0.5) is 0 Å². The van der Waals surface area contributed by atoms with E-state index in [1.54, 1.807) is 0 Å². The van der Waals surface area contributed by atoms with E-state index in [0.717, 1.165) is 33.7 Å². The van der Waals surface area contributed by atoms with E-state index < -0.39 is 16.1 Å². The molecule has 0 N–H and O–H groups in total. The molecule has 14 rings (SSSR count). The Balaban J connectivity index is 1.16. The van der Waals surface area contributed by atoms with Gasteiger partial charge in [-0.3, -0.25) is 4.57 Å². The summed E-state index contributed by atoms with van der Waals surface area (Å²) in [5, 5.41) is 12.6. The van der Waals surface area contributed by atoms with Crippen molar-refractivity contribution in [3.05, 3.63) is 334 Å². The molecule has 0 unspecified atom stereocenters. The minimum atomic E-state index is -3.35. The molecule has 0 spiro atoms. The predicted octanol–water partition coefficient (Wildman–Crippen LogP) is 13.0. The largest absolute Gasteiger partial charge is 0.294 e. The highest BCUT2D eigenvalue weighted by Crippen LogP contribution is 2.34. The second kappa shape index (κ2) is 21.3. The molecule has 12 aromatic carbocycles. The third-order valence-corrected chi connectivity index (χ3v) is 25.7. The monoisotopic (exact) mass is 1070 g/mol. The van der Waals surface area contributed by atoms with E-state index in [-0.39, 0.29) is 0 Å². The minimum absolute atomic E-state index is 0.660. The predicted molar refractivity (Wildman–Crippen MR) is 345 cm³/mol. The van der Waals surface area contributed by atoms with Gasteiger partial charge >= 0.3 is 0 Å². The highest BCUT2D eigenvalue weighted by Gasteiger charge is 2.46. The normalized spacial score (nSPS) is 11.7. The van der Waals surface area contributed by atoms with Crippen molar-refractivity contribution in [3.8, 4) is 50.7 Å². The molecule has 2 aromatic heterocycles. The van der Waals surface area contributed by atoms with E-state index in [9.17, 15) is 0 Å². The Hall–Kier alpha value is -10.0. The lowest BCUT2D eigenvalue weighted by Gasteiger charge is -2.38. The van der Waals surface area contributed by atoms with Crippen LogP contribution in [0.2, 0.25) is 0 Å². The van der Waals surface area contributed by atoms with Crippen LogP contribution in [0.25, 0.3) is 72.5 Å². The van der Waals surface area contributed by atoms with Crippen LogP contribution >= 0.6 is 0 Å². The fourth-order valence-corrected chi connectivity index (χ4v) is 22.5. The van der Waals surface area contributed by atoms with Crippen LogP contribution in [-0.4, -0.2) is 30.7 Å². The molecule has 14 aromatic rings. The van der Waals surface area contributed by atoms with Crippen LogP contribution < -0.4 is 41.5 Å². The smallest absolute Gasteiger partial charge is 0.179 e. The highest BCUT2D eigenvalue weighted by molar-refractivity contribution is 7.22. The Kier molecular flexibility index (Phi) is 13.0. The SMILES string of the molecule is c1ccc(-c2cccc([Si](c3ccccc3)(c3ccccc3)c3cc(-c4cc(-n5c6ccccc6c6ccccc65)nc(-c5ccccc5)n4)cc([Si](c4ccccc4)(c4ccccc4)c4cccc(-c5ccccc5)c4)c3)c2)cc1. The molecule has 0 aliphatic carbocycles. The van der Waals surface area contributed by atoms with Gasteiger partial charge < -0.3 is 0 Å². The van der Waals surface area contributed by atoms with Crippen molar-refractivity contribution in [1.82, 2.24) is 14.5 Å². The number of rotatable bonds is 13. The van der Waals surface area contributed by atoms with E-state index in [0.29, 0.717) is 5.82 Å². The second-order valence-corrected chi connectivity index (χ2v) is 28.4. The maximum atomic E-state index is 5.74. The zero-order chi connectivity index (χ0) is 54.0. The van der Waals surface area contributed by atoms with Gasteiger partial charge in [-0.2, -0.15) is 0 Å². The minimum Gasteiger partial charge on any atom is -0.294 e. The number of benzene rings is 12. The summed E-state index contributed by atoms with van der Waals surface area (Å²) < 4.78 is 2.33. The lowest BCUT2D eigenvalue weighted by atomic mass is 10.1. The zero-order valence-electron chi connectivity index (χ0n) is 44.6. The van der Waals surface area contributed by atoms with Crippen molar-refractivity contribution in [1.29, 1.82) is 0 Å². The van der Waals surface area contributed by atoms with Crippen molar-refractivity contribution in [2.45, 2.75) is 0 Å². The van der Waals surface area contributed by atoms with Crippen LogP contribution in [0.5, 0.6) is 0 Å². The average molecular weight is 1070 g/mol. The highest BCUT2D eigenvalue weighted by atomic mass is 28.3. The third kappa shape index (κ3) is 8.77. The standard InChI is InChI=1S/C76H55N3Si2/c1-8-28-56(29-9-1)59-34-26-44-66(50-59)80(62-36-14-4-15-37-62,63-38-16-5-17-39-63)68-52-61(72-55-75(78-76(77-72)58-32-12-3-13-33-58)79-73-48-24-22-46-70(73)71-47-23-25-49-74(71)79)53-69(54-68)81(64-40-18-6-19-41-64,65-42-20-7-21-43-65)67-45-27-35-60(51-67)57-30-10-2-11-31-57/h1-55H. The maximum Gasteiger partial charge on any atom is 0.179 e. The zero-order valence-corrected chi connectivity index (χ0v) is 46.6. The Morgan fingerprint density at radius 2 is 0.543 bits per heavy atom. The van der Waals surface area contributed by atoms with Gasteiger partial charge in [-0.15, -0.1) is 0 Å². The van der Waals surface area contributed by atoms with Crippen LogP contribution in [0, 0.1) is 0 Å². The van der Waals surface area contributed by atoms with Crippen molar-refractivity contribution >= 4 is 79.4 Å². The molecule has 5 heteroatoms. The summed E-state index contributed by atoms with van der Waals surface area (Å²) in [4.78, 5) is 11.3. The van der Waals surface area contributed by atoms with E-state index in [1.165, 1.54) is 74.5 Å². The van der Waals surface area contributed by atoms with E-state index in [1.807, 2.05) is 0 Å². The van der Waals surface area contributed by atoms with Gasteiger partial charge in [0.05, 0.1) is 16.7 Å². The summed E-state index contributed by atoms with van der Waals surface area (Å²) >= 11 is 0. The van der Waals surface area contributed by atoms with Crippen molar-refractivity contribution in [2.24, 2.45) is 0 Å². The van der Waals surface area contributed by atoms with Crippen LogP contribution in [-0.2, 0) is 0 Å². The summed E-state index contributed by atoms with van der Waals surface area (Å²) in [7, 11) is -6.70. The molecule has 0 fully saturated rings. The summed E-state index contributed by atoms with van der Waals surface area (Å²) in [6, 6.07) is 124. The van der Waals surface area contributed by atoms with Crippen molar-refractivity contribution < 1.29 is 0 Å². The molecule has 0 aliphatic rings.